The topological polar surface area (TPSA) is 75.6 Å². The zero-order valence-corrected chi connectivity index (χ0v) is 13.1. The van der Waals surface area contributed by atoms with Crippen molar-refractivity contribution in [2.45, 2.75) is 20.4 Å². The first-order valence-corrected chi connectivity index (χ1v) is 7.37. The predicted molar refractivity (Wildman–Crippen MR) is 90.6 cm³/mol. The van der Waals surface area contributed by atoms with Crippen LogP contribution in [0.1, 0.15) is 16.7 Å². The lowest BCUT2D eigenvalue weighted by Gasteiger charge is -2.09. The number of aromatic nitrogens is 4. The summed E-state index contributed by atoms with van der Waals surface area (Å²) in [4.78, 5) is 8.42. The molecule has 0 unspecified atom stereocenters. The molecule has 0 aliphatic rings. The molecule has 0 spiro atoms. The molecular formula is C17H18N6. The third-order valence-electron chi connectivity index (χ3n) is 3.54. The first-order valence-electron chi connectivity index (χ1n) is 7.37. The molecule has 0 atom stereocenters. The number of aryl methyl sites for hydroxylation is 2. The molecule has 0 amide bonds. The Morgan fingerprint density at radius 2 is 1.83 bits per heavy atom. The molecule has 6 nitrogen and oxygen atoms in total. The minimum absolute atomic E-state index is 0.482. The van der Waals surface area contributed by atoms with Crippen LogP contribution in [0.5, 0.6) is 0 Å². The highest BCUT2D eigenvalue weighted by atomic mass is 15.3. The molecule has 2 heterocycles. The summed E-state index contributed by atoms with van der Waals surface area (Å²) in [5, 5.41) is 14.4. The Bertz CT molecular complexity index is 788. The molecule has 0 fully saturated rings. The lowest BCUT2D eigenvalue weighted by Crippen LogP contribution is -2.06. The molecule has 0 bridgehead atoms. The van der Waals surface area contributed by atoms with Crippen LogP contribution in [0.3, 0.4) is 0 Å². The number of hydrogen-bond donors (Lipinski definition) is 2. The van der Waals surface area contributed by atoms with Gasteiger partial charge in [0.25, 0.3) is 0 Å². The summed E-state index contributed by atoms with van der Waals surface area (Å²) >= 11 is 0. The van der Waals surface area contributed by atoms with Crippen molar-refractivity contribution in [2.75, 3.05) is 10.6 Å². The van der Waals surface area contributed by atoms with Gasteiger partial charge in [0.05, 0.1) is 6.20 Å². The Labute approximate surface area is 135 Å². The molecule has 3 rings (SSSR count). The predicted octanol–water partition coefficient (Wildman–Crippen LogP) is 3.24. The minimum Gasteiger partial charge on any atom is -0.349 e. The van der Waals surface area contributed by atoms with Crippen molar-refractivity contribution >= 4 is 17.5 Å². The maximum Gasteiger partial charge on any atom is 0.244 e. The van der Waals surface area contributed by atoms with Gasteiger partial charge in [0.1, 0.15) is 0 Å². The molecule has 0 aliphatic carbocycles. The van der Waals surface area contributed by atoms with Crippen molar-refractivity contribution in [2.24, 2.45) is 0 Å². The van der Waals surface area contributed by atoms with Crippen LogP contribution in [0.25, 0.3) is 0 Å². The van der Waals surface area contributed by atoms with Gasteiger partial charge >= 0.3 is 0 Å². The monoisotopic (exact) mass is 306 g/mol. The van der Waals surface area contributed by atoms with Gasteiger partial charge in [-0.2, -0.15) is 10.1 Å². The molecule has 0 saturated heterocycles. The van der Waals surface area contributed by atoms with E-state index in [-0.39, 0.29) is 0 Å². The maximum absolute atomic E-state index is 4.42. The second-order valence-corrected chi connectivity index (χ2v) is 5.30. The Hall–Kier alpha value is -3.02. The highest BCUT2D eigenvalue weighted by Crippen LogP contribution is 2.18. The van der Waals surface area contributed by atoms with Crippen molar-refractivity contribution in [3.05, 3.63) is 65.6 Å². The summed E-state index contributed by atoms with van der Waals surface area (Å²) in [5.74, 6) is 1.14. The standard InChI is InChI=1S/C17H18N6/c1-12-3-4-15(9-13(12)2)21-16-11-20-23-17(22-16)19-10-14-5-7-18-8-6-14/h3-9,11H,10H2,1-2H3,(H2,19,21,22,23). The van der Waals surface area contributed by atoms with Gasteiger partial charge in [0.15, 0.2) is 5.82 Å². The fourth-order valence-corrected chi connectivity index (χ4v) is 2.09. The van der Waals surface area contributed by atoms with E-state index in [4.69, 9.17) is 0 Å². The number of anilines is 3. The molecule has 2 N–H and O–H groups in total. The smallest absolute Gasteiger partial charge is 0.244 e. The molecule has 0 aliphatic heterocycles. The second-order valence-electron chi connectivity index (χ2n) is 5.30. The van der Waals surface area contributed by atoms with Gasteiger partial charge in [-0.15, -0.1) is 5.10 Å². The highest BCUT2D eigenvalue weighted by Gasteiger charge is 2.02. The number of rotatable bonds is 5. The largest absolute Gasteiger partial charge is 0.349 e. The quantitative estimate of drug-likeness (QED) is 0.753. The first kappa shape index (κ1) is 14.9. The third-order valence-corrected chi connectivity index (χ3v) is 3.54. The highest BCUT2D eigenvalue weighted by molar-refractivity contribution is 5.58. The molecule has 0 radical (unpaired) electrons. The van der Waals surface area contributed by atoms with Crippen LogP contribution in [0.2, 0.25) is 0 Å². The molecular weight excluding hydrogens is 288 g/mol. The van der Waals surface area contributed by atoms with Crippen LogP contribution >= 0.6 is 0 Å². The van der Waals surface area contributed by atoms with E-state index in [1.807, 2.05) is 18.2 Å². The third kappa shape index (κ3) is 4.00. The lowest BCUT2D eigenvalue weighted by molar-refractivity contribution is 0.947. The Kier molecular flexibility index (Phi) is 4.42. The second kappa shape index (κ2) is 6.83. The average Bonchev–Trinajstić information content (AvgIpc) is 2.58. The van der Waals surface area contributed by atoms with Crippen molar-refractivity contribution in [1.82, 2.24) is 20.2 Å². The van der Waals surface area contributed by atoms with E-state index in [0.29, 0.717) is 18.3 Å². The Balaban J connectivity index is 1.68. The van der Waals surface area contributed by atoms with Crippen molar-refractivity contribution in [3.8, 4) is 0 Å². The van der Waals surface area contributed by atoms with E-state index in [2.05, 4.69) is 56.8 Å². The summed E-state index contributed by atoms with van der Waals surface area (Å²) in [6.07, 6.45) is 5.12. The van der Waals surface area contributed by atoms with E-state index < -0.39 is 0 Å². The van der Waals surface area contributed by atoms with Crippen molar-refractivity contribution in [1.29, 1.82) is 0 Å². The van der Waals surface area contributed by atoms with Gasteiger partial charge in [-0.3, -0.25) is 4.98 Å². The molecule has 23 heavy (non-hydrogen) atoms. The molecule has 0 saturated carbocycles. The number of pyridine rings is 1. The number of nitrogens with one attached hydrogen (secondary N) is 2. The summed E-state index contributed by atoms with van der Waals surface area (Å²) in [6.45, 7) is 4.80. The SMILES string of the molecule is Cc1ccc(Nc2cnnc(NCc3ccncc3)n2)cc1C. The zero-order chi connectivity index (χ0) is 16.1. The number of nitrogens with zero attached hydrogens (tertiary/aromatic N) is 4. The number of benzene rings is 1. The molecule has 2 aromatic heterocycles. The van der Waals surface area contributed by atoms with Crippen LogP contribution in [0.15, 0.2) is 48.9 Å². The molecule has 116 valence electrons. The summed E-state index contributed by atoms with van der Waals surface area (Å²) in [5.41, 5.74) is 4.58. The van der Waals surface area contributed by atoms with Gasteiger partial charge in [-0.25, -0.2) is 0 Å². The first-order chi connectivity index (χ1) is 11.2. The van der Waals surface area contributed by atoms with E-state index in [1.165, 1.54) is 11.1 Å². The summed E-state index contributed by atoms with van der Waals surface area (Å²) < 4.78 is 0. The maximum atomic E-state index is 4.42. The molecule has 3 aromatic rings. The van der Waals surface area contributed by atoms with Crippen LogP contribution in [0.4, 0.5) is 17.5 Å². The van der Waals surface area contributed by atoms with Gasteiger partial charge in [0.2, 0.25) is 5.95 Å². The van der Waals surface area contributed by atoms with Gasteiger partial charge < -0.3 is 10.6 Å². The van der Waals surface area contributed by atoms with Crippen LogP contribution in [0, 0.1) is 13.8 Å². The molecule has 1 aromatic carbocycles. The summed E-state index contributed by atoms with van der Waals surface area (Å²) in [7, 11) is 0. The van der Waals surface area contributed by atoms with Crippen LogP contribution in [-0.2, 0) is 6.54 Å². The lowest BCUT2D eigenvalue weighted by atomic mass is 10.1. The zero-order valence-electron chi connectivity index (χ0n) is 13.1. The van der Waals surface area contributed by atoms with Gasteiger partial charge in [-0.1, -0.05) is 6.07 Å². The minimum atomic E-state index is 0.482. The Morgan fingerprint density at radius 1 is 1.00 bits per heavy atom. The molecule has 6 heteroatoms. The van der Waals surface area contributed by atoms with E-state index in [0.717, 1.165) is 11.3 Å². The average molecular weight is 306 g/mol. The normalized spacial score (nSPS) is 10.3. The van der Waals surface area contributed by atoms with Crippen LogP contribution < -0.4 is 10.6 Å². The van der Waals surface area contributed by atoms with Crippen molar-refractivity contribution in [3.63, 3.8) is 0 Å². The van der Waals surface area contributed by atoms with Crippen molar-refractivity contribution < 1.29 is 0 Å². The fraction of sp³-hybridized carbons (Fsp3) is 0.176. The van der Waals surface area contributed by atoms with E-state index in [1.54, 1.807) is 18.6 Å². The van der Waals surface area contributed by atoms with Gasteiger partial charge in [-0.05, 0) is 54.8 Å². The fourth-order valence-electron chi connectivity index (χ4n) is 2.09. The summed E-state index contributed by atoms with van der Waals surface area (Å²) in [6, 6.07) is 10.1. The van der Waals surface area contributed by atoms with E-state index in [9.17, 15) is 0 Å². The van der Waals surface area contributed by atoms with E-state index >= 15 is 0 Å². The van der Waals surface area contributed by atoms with Crippen LogP contribution in [-0.4, -0.2) is 20.2 Å². The number of hydrogen-bond acceptors (Lipinski definition) is 6. The Morgan fingerprint density at radius 3 is 2.61 bits per heavy atom. The van der Waals surface area contributed by atoms with Gasteiger partial charge in [0, 0.05) is 24.6 Å².